The Morgan fingerprint density at radius 1 is 1.15 bits per heavy atom. The van der Waals surface area contributed by atoms with Crippen LogP contribution in [-0.4, -0.2) is 0 Å². The molecule has 0 heterocycles. The monoisotopic (exact) mass is 266 g/mol. The first kappa shape index (κ1) is 14.8. The Kier molecular flexibility index (Phi) is 5.86. The Bertz CT molecular complexity index is 476. The van der Waals surface area contributed by atoms with E-state index in [0.717, 1.165) is 18.8 Å². The van der Waals surface area contributed by atoms with Gasteiger partial charge in [0.1, 0.15) is 0 Å². The van der Waals surface area contributed by atoms with Gasteiger partial charge in [-0.05, 0) is 42.2 Å². The van der Waals surface area contributed by atoms with Gasteiger partial charge in [0, 0.05) is 0 Å². The summed E-state index contributed by atoms with van der Waals surface area (Å²) in [5, 5.41) is 0. The predicted molar refractivity (Wildman–Crippen MR) is 88.9 cm³/mol. The van der Waals surface area contributed by atoms with Gasteiger partial charge < -0.3 is 0 Å². The second kappa shape index (κ2) is 7.89. The third-order valence-corrected chi connectivity index (χ3v) is 4.23. The van der Waals surface area contributed by atoms with Gasteiger partial charge in [-0.15, -0.1) is 0 Å². The van der Waals surface area contributed by atoms with E-state index >= 15 is 0 Å². The molecule has 20 heavy (non-hydrogen) atoms. The molecule has 0 fully saturated rings. The zero-order chi connectivity index (χ0) is 14.2. The first-order chi connectivity index (χ1) is 9.79. The van der Waals surface area contributed by atoms with E-state index in [2.05, 4.69) is 74.6 Å². The summed E-state index contributed by atoms with van der Waals surface area (Å²) in [7, 11) is 0. The summed E-state index contributed by atoms with van der Waals surface area (Å²) in [6, 6.07) is 11.0. The van der Waals surface area contributed by atoms with Crippen molar-refractivity contribution in [1.82, 2.24) is 0 Å². The van der Waals surface area contributed by atoms with Crippen molar-refractivity contribution >= 4 is 0 Å². The van der Waals surface area contributed by atoms with E-state index < -0.39 is 0 Å². The Labute approximate surface area is 123 Å². The lowest BCUT2D eigenvalue weighted by molar-refractivity contribution is 0.455. The molecule has 106 valence electrons. The van der Waals surface area contributed by atoms with Crippen molar-refractivity contribution in [2.24, 2.45) is 5.92 Å². The fourth-order valence-corrected chi connectivity index (χ4v) is 2.72. The molecule has 0 saturated carbocycles. The lowest BCUT2D eigenvalue weighted by Crippen LogP contribution is -2.04. The van der Waals surface area contributed by atoms with E-state index in [1.807, 2.05) is 0 Å². The first-order valence-electron chi connectivity index (χ1n) is 7.86. The van der Waals surface area contributed by atoms with Gasteiger partial charge in [0.25, 0.3) is 0 Å². The van der Waals surface area contributed by atoms with Crippen LogP contribution in [0.1, 0.15) is 51.0 Å². The van der Waals surface area contributed by atoms with Gasteiger partial charge >= 0.3 is 0 Å². The van der Waals surface area contributed by atoms with Crippen LogP contribution in [0.5, 0.6) is 0 Å². The van der Waals surface area contributed by atoms with E-state index in [1.165, 1.54) is 24.0 Å². The maximum Gasteiger partial charge on any atom is -0.00975 e. The SMILES string of the molecule is CCC(C)CC(C/C=C1\C=CC=CC1)c1ccccc1. The van der Waals surface area contributed by atoms with Crippen molar-refractivity contribution in [3.05, 3.63) is 71.8 Å². The smallest absolute Gasteiger partial charge is 0.00975 e. The average molecular weight is 266 g/mol. The van der Waals surface area contributed by atoms with E-state index in [-0.39, 0.29) is 0 Å². The highest BCUT2D eigenvalue weighted by Crippen LogP contribution is 2.29. The maximum absolute atomic E-state index is 2.43. The number of benzene rings is 1. The molecule has 0 aliphatic heterocycles. The van der Waals surface area contributed by atoms with Gasteiger partial charge in [0.2, 0.25) is 0 Å². The largest absolute Gasteiger partial charge is 0.0804 e. The molecule has 2 rings (SSSR count). The number of hydrogen-bond acceptors (Lipinski definition) is 0. The molecule has 0 nitrogen and oxygen atoms in total. The third-order valence-electron chi connectivity index (χ3n) is 4.23. The molecular weight excluding hydrogens is 240 g/mol. The Morgan fingerprint density at radius 3 is 2.60 bits per heavy atom. The Balaban J connectivity index is 2.06. The van der Waals surface area contributed by atoms with Crippen LogP contribution in [0.4, 0.5) is 0 Å². The highest BCUT2D eigenvalue weighted by molar-refractivity contribution is 5.30. The molecule has 0 radical (unpaired) electrons. The summed E-state index contributed by atoms with van der Waals surface area (Å²) in [6.45, 7) is 4.66. The molecule has 1 aromatic carbocycles. The number of hydrogen-bond donors (Lipinski definition) is 0. The minimum absolute atomic E-state index is 0.651. The fourth-order valence-electron chi connectivity index (χ4n) is 2.72. The van der Waals surface area contributed by atoms with Crippen molar-refractivity contribution < 1.29 is 0 Å². The molecule has 1 aliphatic rings. The van der Waals surface area contributed by atoms with E-state index in [4.69, 9.17) is 0 Å². The predicted octanol–water partition coefficient (Wildman–Crippen LogP) is 6.04. The minimum Gasteiger partial charge on any atom is -0.0804 e. The second-order valence-electron chi connectivity index (χ2n) is 5.86. The molecular formula is C20H26. The maximum atomic E-state index is 2.43. The van der Waals surface area contributed by atoms with Gasteiger partial charge in [-0.25, -0.2) is 0 Å². The molecule has 2 atom stereocenters. The summed E-state index contributed by atoms with van der Waals surface area (Å²) in [5.41, 5.74) is 2.94. The molecule has 0 amide bonds. The van der Waals surface area contributed by atoms with Gasteiger partial charge in [-0.1, -0.05) is 81.0 Å². The molecule has 0 bridgehead atoms. The zero-order valence-corrected chi connectivity index (χ0v) is 12.8. The van der Waals surface area contributed by atoms with Crippen LogP contribution in [0.25, 0.3) is 0 Å². The highest BCUT2D eigenvalue weighted by Gasteiger charge is 2.13. The van der Waals surface area contributed by atoms with Crippen molar-refractivity contribution in [3.63, 3.8) is 0 Å². The summed E-state index contributed by atoms with van der Waals surface area (Å²) in [4.78, 5) is 0. The minimum atomic E-state index is 0.651. The quantitative estimate of drug-likeness (QED) is 0.589. The second-order valence-corrected chi connectivity index (χ2v) is 5.86. The standard InChI is InChI=1S/C20H26/c1-3-17(2)16-20(19-12-8-5-9-13-19)15-14-18-10-6-4-7-11-18/h4-10,12-14,17,20H,3,11,15-16H2,1-2H3/b18-14+. The third kappa shape index (κ3) is 4.52. The van der Waals surface area contributed by atoms with E-state index in [0.29, 0.717) is 5.92 Å². The van der Waals surface area contributed by atoms with E-state index in [1.54, 1.807) is 0 Å². The molecule has 0 aromatic heterocycles. The van der Waals surface area contributed by atoms with Gasteiger partial charge in [-0.2, -0.15) is 0 Å². The summed E-state index contributed by atoms with van der Waals surface area (Å²) < 4.78 is 0. The molecule has 0 spiro atoms. The van der Waals surface area contributed by atoms with Crippen molar-refractivity contribution in [1.29, 1.82) is 0 Å². The molecule has 1 aliphatic carbocycles. The van der Waals surface area contributed by atoms with E-state index in [9.17, 15) is 0 Å². The van der Waals surface area contributed by atoms with Crippen LogP contribution < -0.4 is 0 Å². The first-order valence-corrected chi connectivity index (χ1v) is 7.86. The Morgan fingerprint density at radius 2 is 1.95 bits per heavy atom. The average Bonchev–Trinajstić information content (AvgIpc) is 2.53. The van der Waals surface area contributed by atoms with Crippen LogP contribution in [0.2, 0.25) is 0 Å². The number of allylic oxidation sites excluding steroid dienone is 6. The topological polar surface area (TPSA) is 0 Å². The van der Waals surface area contributed by atoms with Crippen LogP contribution in [0.3, 0.4) is 0 Å². The van der Waals surface area contributed by atoms with Crippen molar-refractivity contribution in [3.8, 4) is 0 Å². The molecule has 0 heteroatoms. The summed E-state index contributed by atoms with van der Waals surface area (Å²) in [5.74, 6) is 1.44. The molecule has 1 aromatic rings. The normalized spacial score (nSPS) is 19.2. The van der Waals surface area contributed by atoms with Gasteiger partial charge in [0.15, 0.2) is 0 Å². The Hall–Kier alpha value is -1.56. The lowest BCUT2D eigenvalue weighted by Gasteiger charge is -2.20. The molecule has 2 unspecified atom stereocenters. The van der Waals surface area contributed by atoms with Crippen molar-refractivity contribution in [2.45, 2.75) is 45.4 Å². The van der Waals surface area contributed by atoms with Crippen LogP contribution in [0.15, 0.2) is 66.3 Å². The fraction of sp³-hybridized carbons (Fsp3) is 0.400. The van der Waals surface area contributed by atoms with Crippen LogP contribution >= 0.6 is 0 Å². The molecule has 0 saturated heterocycles. The summed E-state index contributed by atoms with van der Waals surface area (Å²) in [6.07, 6.45) is 16.0. The van der Waals surface area contributed by atoms with Crippen molar-refractivity contribution in [2.75, 3.05) is 0 Å². The van der Waals surface area contributed by atoms with Gasteiger partial charge in [-0.3, -0.25) is 0 Å². The molecule has 0 N–H and O–H groups in total. The van der Waals surface area contributed by atoms with Crippen LogP contribution in [0, 0.1) is 5.92 Å². The lowest BCUT2D eigenvalue weighted by atomic mass is 9.85. The number of rotatable bonds is 6. The highest BCUT2D eigenvalue weighted by atomic mass is 14.2. The van der Waals surface area contributed by atoms with Gasteiger partial charge in [0.05, 0.1) is 0 Å². The zero-order valence-electron chi connectivity index (χ0n) is 12.8. The summed E-state index contributed by atoms with van der Waals surface area (Å²) >= 11 is 0. The van der Waals surface area contributed by atoms with Crippen LogP contribution in [-0.2, 0) is 0 Å².